The van der Waals surface area contributed by atoms with Crippen LogP contribution in [0.25, 0.3) is 0 Å². The molecule has 0 aliphatic carbocycles. The van der Waals surface area contributed by atoms with E-state index in [2.05, 4.69) is 32.7 Å². The van der Waals surface area contributed by atoms with Crippen molar-refractivity contribution < 1.29 is 0 Å². The summed E-state index contributed by atoms with van der Waals surface area (Å²) in [7, 11) is 2.18. The molecule has 0 heterocycles. The first-order chi connectivity index (χ1) is 6.58. The van der Waals surface area contributed by atoms with Gasteiger partial charge in [0.15, 0.2) is 0 Å². The van der Waals surface area contributed by atoms with Crippen LogP contribution in [0.5, 0.6) is 0 Å². The predicted molar refractivity (Wildman–Crippen MR) is 64.5 cm³/mol. The first-order valence-corrected chi connectivity index (χ1v) is 6.05. The van der Waals surface area contributed by atoms with E-state index >= 15 is 0 Å². The summed E-state index contributed by atoms with van der Waals surface area (Å²) in [6.45, 7) is 8.83. The van der Waals surface area contributed by atoms with Crippen molar-refractivity contribution in [3.8, 4) is 0 Å². The van der Waals surface area contributed by atoms with Gasteiger partial charge >= 0.3 is 0 Å². The highest BCUT2D eigenvalue weighted by Gasteiger charge is 2.21. The van der Waals surface area contributed by atoms with Crippen LogP contribution < -0.4 is 5.73 Å². The summed E-state index contributed by atoms with van der Waals surface area (Å²) in [6.07, 6.45) is 6.07. The normalized spacial score (nSPS) is 12.4. The predicted octanol–water partition coefficient (Wildman–Crippen LogP) is 2.63. The molecule has 0 aliphatic heterocycles. The molecule has 0 aromatic rings. The molecule has 0 saturated carbocycles. The maximum Gasteiger partial charge on any atom is 0.0278 e. The summed E-state index contributed by atoms with van der Waals surface area (Å²) >= 11 is 0. The number of hydrogen-bond acceptors (Lipinski definition) is 2. The van der Waals surface area contributed by atoms with Crippen molar-refractivity contribution in [3.63, 3.8) is 0 Å². The van der Waals surface area contributed by atoms with Gasteiger partial charge in [0.2, 0.25) is 0 Å². The summed E-state index contributed by atoms with van der Waals surface area (Å²) in [5.74, 6) is 0. The van der Waals surface area contributed by atoms with Crippen molar-refractivity contribution >= 4 is 0 Å². The number of likely N-dealkylation sites (N-methyl/N-ethyl adjacent to an activating group) is 1. The van der Waals surface area contributed by atoms with Crippen molar-refractivity contribution in [3.05, 3.63) is 0 Å². The zero-order valence-corrected chi connectivity index (χ0v) is 10.5. The molecule has 0 aromatic carbocycles. The molecule has 0 aromatic heterocycles. The quantitative estimate of drug-likeness (QED) is 0.610. The Balaban J connectivity index is 3.73. The van der Waals surface area contributed by atoms with Crippen LogP contribution in [0.1, 0.15) is 52.9 Å². The van der Waals surface area contributed by atoms with Crippen LogP contribution >= 0.6 is 0 Å². The molecule has 0 unspecified atom stereocenters. The van der Waals surface area contributed by atoms with E-state index in [1.807, 2.05) is 0 Å². The second-order valence-electron chi connectivity index (χ2n) is 4.51. The lowest BCUT2D eigenvalue weighted by molar-refractivity contribution is 0.230. The van der Waals surface area contributed by atoms with E-state index in [0.29, 0.717) is 0 Å². The molecule has 0 bridgehead atoms. The van der Waals surface area contributed by atoms with Gasteiger partial charge in [0.1, 0.15) is 0 Å². The molecule has 2 nitrogen and oxygen atoms in total. The van der Waals surface area contributed by atoms with Crippen LogP contribution in [0, 0.1) is 0 Å². The first kappa shape index (κ1) is 13.9. The highest BCUT2D eigenvalue weighted by molar-refractivity contribution is 4.83. The van der Waals surface area contributed by atoms with E-state index in [-0.39, 0.29) is 5.54 Å². The molecule has 0 spiro atoms. The van der Waals surface area contributed by atoms with Crippen LogP contribution in [0.2, 0.25) is 0 Å². The fraction of sp³-hybridized carbons (Fsp3) is 1.00. The minimum Gasteiger partial charge on any atom is -0.324 e. The molecular formula is C12H28N2. The monoisotopic (exact) mass is 200 g/mol. The van der Waals surface area contributed by atoms with Gasteiger partial charge in [-0.25, -0.2) is 0 Å². The Bertz CT molecular complexity index is 130. The van der Waals surface area contributed by atoms with E-state index < -0.39 is 0 Å². The maximum atomic E-state index is 6.26. The van der Waals surface area contributed by atoms with Gasteiger partial charge in [-0.15, -0.1) is 0 Å². The van der Waals surface area contributed by atoms with Crippen molar-refractivity contribution in [2.75, 3.05) is 20.1 Å². The van der Waals surface area contributed by atoms with Gasteiger partial charge < -0.3 is 10.6 Å². The molecule has 0 fully saturated rings. The molecule has 2 heteroatoms. The van der Waals surface area contributed by atoms with Gasteiger partial charge in [0.05, 0.1) is 0 Å². The molecule has 0 radical (unpaired) electrons. The van der Waals surface area contributed by atoms with Gasteiger partial charge in [-0.3, -0.25) is 0 Å². The molecule has 0 rings (SSSR count). The minimum atomic E-state index is 0.0287. The molecule has 0 saturated heterocycles. The third kappa shape index (κ3) is 5.61. The fourth-order valence-corrected chi connectivity index (χ4v) is 1.72. The smallest absolute Gasteiger partial charge is 0.0278 e. The Hall–Kier alpha value is -0.0800. The molecule has 14 heavy (non-hydrogen) atoms. The van der Waals surface area contributed by atoms with Crippen molar-refractivity contribution in [2.45, 2.75) is 58.4 Å². The number of unbranched alkanes of at least 4 members (excludes halogenated alkanes) is 2. The van der Waals surface area contributed by atoms with E-state index in [4.69, 9.17) is 5.73 Å². The molecule has 0 atom stereocenters. The lowest BCUT2D eigenvalue weighted by Gasteiger charge is -2.31. The fourth-order valence-electron chi connectivity index (χ4n) is 1.72. The highest BCUT2D eigenvalue weighted by Crippen LogP contribution is 2.12. The summed E-state index contributed by atoms with van der Waals surface area (Å²) < 4.78 is 0. The van der Waals surface area contributed by atoms with Gasteiger partial charge in [-0.1, -0.05) is 33.6 Å². The summed E-state index contributed by atoms with van der Waals surface area (Å²) in [4.78, 5) is 2.38. The lowest BCUT2D eigenvalue weighted by atomic mass is 9.93. The molecule has 0 aliphatic rings. The molecule has 86 valence electrons. The number of nitrogens with zero attached hydrogens (tertiary/aromatic N) is 1. The lowest BCUT2D eigenvalue weighted by Crippen LogP contribution is -2.48. The second kappa shape index (κ2) is 7.24. The molecular weight excluding hydrogens is 172 g/mol. The summed E-state index contributed by atoms with van der Waals surface area (Å²) in [6, 6.07) is 0. The van der Waals surface area contributed by atoms with E-state index in [9.17, 15) is 0 Å². The Morgan fingerprint density at radius 1 is 1.07 bits per heavy atom. The van der Waals surface area contributed by atoms with Crippen LogP contribution in [0.3, 0.4) is 0 Å². The Labute approximate surface area is 89.9 Å². The Morgan fingerprint density at radius 2 is 1.64 bits per heavy atom. The largest absolute Gasteiger partial charge is 0.324 e. The zero-order valence-electron chi connectivity index (χ0n) is 10.5. The van der Waals surface area contributed by atoms with Crippen LogP contribution in [-0.2, 0) is 0 Å². The first-order valence-electron chi connectivity index (χ1n) is 6.05. The number of nitrogens with two attached hydrogens (primary N) is 1. The van der Waals surface area contributed by atoms with Crippen LogP contribution in [0.15, 0.2) is 0 Å². The molecule has 2 N–H and O–H groups in total. The van der Waals surface area contributed by atoms with Crippen molar-refractivity contribution in [1.82, 2.24) is 4.90 Å². The van der Waals surface area contributed by atoms with Gasteiger partial charge in [-0.05, 0) is 32.9 Å². The van der Waals surface area contributed by atoms with E-state index in [1.165, 1.54) is 25.8 Å². The zero-order chi connectivity index (χ0) is 11.0. The van der Waals surface area contributed by atoms with E-state index in [0.717, 1.165) is 19.4 Å². The minimum absolute atomic E-state index is 0.0287. The SMILES string of the molecule is CCCCCN(C)CC(N)(CC)CC. The van der Waals surface area contributed by atoms with Crippen molar-refractivity contribution in [2.24, 2.45) is 5.73 Å². The number of rotatable bonds is 8. The Kier molecular flexibility index (Phi) is 7.20. The second-order valence-corrected chi connectivity index (χ2v) is 4.51. The summed E-state index contributed by atoms with van der Waals surface area (Å²) in [5, 5.41) is 0. The third-order valence-electron chi connectivity index (χ3n) is 3.14. The maximum absolute atomic E-state index is 6.26. The van der Waals surface area contributed by atoms with Crippen molar-refractivity contribution in [1.29, 1.82) is 0 Å². The summed E-state index contributed by atoms with van der Waals surface area (Å²) in [5.41, 5.74) is 6.29. The van der Waals surface area contributed by atoms with Gasteiger partial charge in [-0.2, -0.15) is 0 Å². The van der Waals surface area contributed by atoms with Crippen LogP contribution in [0.4, 0.5) is 0 Å². The standard InChI is InChI=1S/C12H28N2/c1-5-8-9-10-14(4)11-12(13,6-2)7-3/h5-11,13H2,1-4H3. The average molecular weight is 200 g/mol. The van der Waals surface area contributed by atoms with Gasteiger partial charge in [0.25, 0.3) is 0 Å². The molecule has 0 amide bonds. The van der Waals surface area contributed by atoms with Gasteiger partial charge in [0, 0.05) is 12.1 Å². The third-order valence-corrected chi connectivity index (χ3v) is 3.14. The average Bonchev–Trinajstić information content (AvgIpc) is 2.18. The highest BCUT2D eigenvalue weighted by atomic mass is 15.1. The number of hydrogen-bond donors (Lipinski definition) is 1. The van der Waals surface area contributed by atoms with Crippen LogP contribution in [-0.4, -0.2) is 30.6 Å². The Morgan fingerprint density at radius 3 is 2.07 bits per heavy atom. The van der Waals surface area contributed by atoms with E-state index in [1.54, 1.807) is 0 Å². The topological polar surface area (TPSA) is 29.3 Å².